The first-order valence-corrected chi connectivity index (χ1v) is 6.56. The smallest absolute Gasteiger partial charge is 0.131 e. The zero-order valence-corrected chi connectivity index (χ0v) is 11.4. The van der Waals surface area contributed by atoms with Gasteiger partial charge in [0.1, 0.15) is 5.82 Å². The van der Waals surface area contributed by atoms with Crippen LogP contribution in [-0.2, 0) is 4.74 Å². The van der Waals surface area contributed by atoms with E-state index >= 15 is 0 Å². The molecule has 0 aliphatic carbocycles. The van der Waals surface area contributed by atoms with Gasteiger partial charge in [0.25, 0.3) is 0 Å². The van der Waals surface area contributed by atoms with Crippen molar-refractivity contribution < 1.29 is 9.13 Å². The molecule has 0 radical (unpaired) electrons. The molecule has 0 aromatic heterocycles. The predicted molar refractivity (Wildman–Crippen MR) is 76.5 cm³/mol. The van der Waals surface area contributed by atoms with Crippen LogP contribution < -0.4 is 5.73 Å². The first kappa shape index (κ1) is 14.0. The fourth-order valence-corrected chi connectivity index (χ4v) is 2.37. The fraction of sp³-hybridized carbons (Fsp3) is 0.375. The molecule has 2 unspecified atom stereocenters. The largest absolute Gasteiger partial charge is 0.385 e. The molecule has 0 spiro atoms. The number of halogens is 1. The zero-order chi connectivity index (χ0) is 13.8. The number of methoxy groups -OCH3 is 1. The summed E-state index contributed by atoms with van der Waals surface area (Å²) in [6.07, 6.45) is 0.892. The lowest BCUT2D eigenvalue weighted by Gasteiger charge is -2.21. The minimum atomic E-state index is -0.198. The Morgan fingerprint density at radius 1 is 1.16 bits per heavy atom. The minimum absolute atomic E-state index is 0.111. The van der Waals surface area contributed by atoms with Crippen LogP contribution in [0.25, 0.3) is 10.8 Å². The molecule has 2 rings (SSSR count). The Hall–Kier alpha value is -1.45. The van der Waals surface area contributed by atoms with Crippen LogP contribution in [0.4, 0.5) is 4.39 Å². The summed E-state index contributed by atoms with van der Waals surface area (Å²) in [7, 11) is 1.69. The number of rotatable bonds is 5. The fourth-order valence-electron chi connectivity index (χ4n) is 2.37. The second kappa shape index (κ2) is 6.13. The summed E-state index contributed by atoms with van der Waals surface area (Å²) in [5.74, 6) is 0.0879. The van der Waals surface area contributed by atoms with Crippen molar-refractivity contribution in [2.24, 2.45) is 11.7 Å². The summed E-state index contributed by atoms with van der Waals surface area (Å²) >= 11 is 0. The Morgan fingerprint density at radius 2 is 1.84 bits per heavy atom. The van der Waals surface area contributed by atoms with Crippen LogP contribution in [0.1, 0.15) is 24.9 Å². The van der Waals surface area contributed by atoms with Crippen LogP contribution in [0.5, 0.6) is 0 Å². The summed E-state index contributed by atoms with van der Waals surface area (Å²) in [5, 5.41) is 1.54. The van der Waals surface area contributed by atoms with Crippen LogP contribution in [0, 0.1) is 11.7 Å². The molecule has 19 heavy (non-hydrogen) atoms. The van der Waals surface area contributed by atoms with Gasteiger partial charge in [0.15, 0.2) is 0 Å². The summed E-state index contributed by atoms with van der Waals surface area (Å²) in [5.41, 5.74) is 7.32. The van der Waals surface area contributed by atoms with Crippen molar-refractivity contribution in [2.75, 3.05) is 13.7 Å². The first-order chi connectivity index (χ1) is 9.15. The molecule has 0 saturated heterocycles. The Bertz CT molecular complexity index is 555. The SMILES string of the molecule is COCCC(C)C(N)c1ccc(F)c2ccccc12. The van der Waals surface area contributed by atoms with Gasteiger partial charge in [0.05, 0.1) is 0 Å². The lowest BCUT2D eigenvalue weighted by Crippen LogP contribution is -2.20. The summed E-state index contributed by atoms with van der Waals surface area (Å²) in [6.45, 7) is 2.79. The molecule has 0 fully saturated rings. The van der Waals surface area contributed by atoms with Crippen LogP contribution in [0.2, 0.25) is 0 Å². The highest BCUT2D eigenvalue weighted by Gasteiger charge is 2.17. The molecule has 102 valence electrons. The molecule has 0 aliphatic rings. The second-order valence-electron chi connectivity index (χ2n) is 4.97. The quantitative estimate of drug-likeness (QED) is 0.891. The van der Waals surface area contributed by atoms with Gasteiger partial charge in [-0.05, 0) is 29.4 Å². The monoisotopic (exact) mass is 261 g/mol. The average Bonchev–Trinajstić information content (AvgIpc) is 2.45. The van der Waals surface area contributed by atoms with E-state index in [0.717, 1.165) is 17.4 Å². The molecule has 2 aromatic carbocycles. The van der Waals surface area contributed by atoms with Gasteiger partial charge in [0.2, 0.25) is 0 Å². The van der Waals surface area contributed by atoms with Gasteiger partial charge >= 0.3 is 0 Å². The summed E-state index contributed by atoms with van der Waals surface area (Å²) in [6, 6.07) is 10.7. The zero-order valence-electron chi connectivity index (χ0n) is 11.4. The van der Waals surface area contributed by atoms with Crippen molar-refractivity contribution in [1.82, 2.24) is 0 Å². The summed E-state index contributed by atoms with van der Waals surface area (Å²) in [4.78, 5) is 0. The van der Waals surface area contributed by atoms with E-state index in [9.17, 15) is 4.39 Å². The van der Waals surface area contributed by atoms with E-state index in [1.54, 1.807) is 19.2 Å². The second-order valence-corrected chi connectivity index (χ2v) is 4.97. The minimum Gasteiger partial charge on any atom is -0.385 e. The molecule has 0 heterocycles. The lowest BCUT2D eigenvalue weighted by atomic mass is 9.89. The van der Waals surface area contributed by atoms with Crippen molar-refractivity contribution in [3.63, 3.8) is 0 Å². The molecule has 0 aliphatic heterocycles. The Morgan fingerprint density at radius 3 is 2.53 bits per heavy atom. The van der Waals surface area contributed by atoms with E-state index in [4.69, 9.17) is 10.5 Å². The normalized spacial score (nSPS) is 14.5. The first-order valence-electron chi connectivity index (χ1n) is 6.56. The van der Waals surface area contributed by atoms with Crippen LogP contribution >= 0.6 is 0 Å². The van der Waals surface area contributed by atoms with Gasteiger partial charge in [-0.3, -0.25) is 0 Å². The molecular formula is C16H20FNO. The van der Waals surface area contributed by atoms with Gasteiger partial charge < -0.3 is 10.5 Å². The van der Waals surface area contributed by atoms with E-state index in [1.165, 1.54) is 6.07 Å². The third-order valence-electron chi connectivity index (χ3n) is 3.65. The number of hydrogen-bond acceptors (Lipinski definition) is 2. The molecule has 2 nitrogen and oxygen atoms in total. The predicted octanol–water partition coefficient (Wildman–Crippen LogP) is 3.65. The Balaban J connectivity index is 2.37. The van der Waals surface area contributed by atoms with Crippen molar-refractivity contribution in [2.45, 2.75) is 19.4 Å². The number of fused-ring (bicyclic) bond motifs is 1. The average molecular weight is 261 g/mol. The molecule has 0 amide bonds. The van der Waals surface area contributed by atoms with Gasteiger partial charge in [-0.15, -0.1) is 0 Å². The van der Waals surface area contributed by atoms with E-state index in [-0.39, 0.29) is 17.8 Å². The Labute approximate surface area is 113 Å². The van der Waals surface area contributed by atoms with E-state index in [2.05, 4.69) is 6.92 Å². The maximum atomic E-state index is 13.8. The highest BCUT2D eigenvalue weighted by molar-refractivity contribution is 5.86. The maximum Gasteiger partial charge on any atom is 0.131 e. The molecule has 2 atom stereocenters. The summed E-state index contributed by atoms with van der Waals surface area (Å²) < 4.78 is 18.9. The molecule has 0 saturated carbocycles. The van der Waals surface area contributed by atoms with E-state index in [0.29, 0.717) is 12.0 Å². The van der Waals surface area contributed by atoms with Gasteiger partial charge in [-0.2, -0.15) is 0 Å². The van der Waals surface area contributed by atoms with Gasteiger partial charge in [-0.1, -0.05) is 37.3 Å². The third kappa shape index (κ3) is 2.94. The lowest BCUT2D eigenvalue weighted by molar-refractivity contribution is 0.174. The van der Waals surface area contributed by atoms with Crippen molar-refractivity contribution >= 4 is 10.8 Å². The maximum absolute atomic E-state index is 13.8. The molecule has 0 bridgehead atoms. The van der Waals surface area contributed by atoms with Crippen LogP contribution in [0.3, 0.4) is 0 Å². The van der Waals surface area contributed by atoms with Crippen LogP contribution in [-0.4, -0.2) is 13.7 Å². The molecular weight excluding hydrogens is 241 g/mol. The number of nitrogens with two attached hydrogens (primary N) is 1. The highest BCUT2D eigenvalue weighted by Crippen LogP contribution is 2.30. The molecule has 2 aromatic rings. The highest BCUT2D eigenvalue weighted by atomic mass is 19.1. The number of hydrogen-bond donors (Lipinski definition) is 1. The molecule has 2 N–H and O–H groups in total. The number of benzene rings is 2. The van der Waals surface area contributed by atoms with Gasteiger partial charge in [-0.25, -0.2) is 4.39 Å². The van der Waals surface area contributed by atoms with Crippen molar-refractivity contribution in [3.8, 4) is 0 Å². The standard InChI is InChI=1S/C16H20FNO/c1-11(9-10-19-2)16(18)14-7-8-15(17)13-6-4-3-5-12(13)14/h3-8,11,16H,9-10,18H2,1-2H3. The van der Waals surface area contributed by atoms with E-state index < -0.39 is 0 Å². The van der Waals surface area contributed by atoms with E-state index in [1.807, 2.05) is 18.2 Å². The topological polar surface area (TPSA) is 35.2 Å². The van der Waals surface area contributed by atoms with Gasteiger partial charge in [0, 0.05) is 25.1 Å². The van der Waals surface area contributed by atoms with Crippen molar-refractivity contribution in [3.05, 3.63) is 47.8 Å². The number of ether oxygens (including phenoxy) is 1. The Kier molecular flexibility index (Phi) is 4.51. The van der Waals surface area contributed by atoms with Crippen LogP contribution in [0.15, 0.2) is 36.4 Å². The third-order valence-corrected chi connectivity index (χ3v) is 3.65. The van der Waals surface area contributed by atoms with Crippen molar-refractivity contribution in [1.29, 1.82) is 0 Å². The molecule has 3 heteroatoms.